The molecule has 0 N–H and O–H groups in total. The summed E-state index contributed by atoms with van der Waals surface area (Å²) in [5.74, 6) is -3.31. The van der Waals surface area contributed by atoms with Crippen molar-refractivity contribution in [3.63, 3.8) is 0 Å². The van der Waals surface area contributed by atoms with Crippen molar-refractivity contribution in [2.45, 2.75) is 32.5 Å². The van der Waals surface area contributed by atoms with E-state index in [9.17, 15) is 40.2 Å². The van der Waals surface area contributed by atoms with Gasteiger partial charge in [0, 0.05) is 13.1 Å². The minimum absolute atomic E-state index is 0.0444. The third-order valence-corrected chi connectivity index (χ3v) is 13.0. The van der Waals surface area contributed by atoms with Crippen LogP contribution in [0, 0.1) is 45.3 Å². The molecule has 1 aliphatic carbocycles. The van der Waals surface area contributed by atoms with Crippen LogP contribution in [0.3, 0.4) is 0 Å². The minimum Gasteiger partial charge on any atom is -0.459 e. The lowest BCUT2D eigenvalue weighted by Gasteiger charge is -2.24. The highest BCUT2D eigenvalue weighted by Crippen LogP contribution is 2.57. The highest BCUT2D eigenvalue weighted by molar-refractivity contribution is 8.20. The largest absolute Gasteiger partial charge is 0.459 e. The number of esters is 2. The minimum atomic E-state index is -2.44. The fourth-order valence-corrected chi connectivity index (χ4v) is 10.4. The average molecular weight is 857 g/mol. The van der Waals surface area contributed by atoms with Crippen molar-refractivity contribution in [2.75, 3.05) is 13.1 Å². The molecule has 2 saturated heterocycles. The molecule has 2 amide bonds. The van der Waals surface area contributed by atoms with E-state index in [1.807, 2.05) is 0 Å². The molecule has 0 spiro atoms. The Morgan fingerprint density at radius 1 is 0.661 bits per heavy atom. The first-order valence-electron chi connectivity index (χ1n) is 17.3. The van der Waals surface area contributed by atoms with Crippen LogP contribution in [0.1, 0.15) is 36.4 Å². The summed E-state index contributed by atoms with van der Waals surface area (Å²) in [7, 11) is 0. The van der Waals surface area contributed by atoms with Gasteiger partial charge in [-0.05, 0) is 48.5 Å². The number of aliphatic imine (C=N–C) groups is 2. The third kappa shape index (κ3) is 7.15. The van der Waals surface area contributed by atoms with Crippen molar-refractivity contribution < 1.29 is 28.7 Å². The molecule has 20 heteroatoms. The predicted molar refractivity (Wildman–Crippen MR) is 217 cm³/mol. The SMILES string of the molecule is CCN1C(=O)C(=Nc2nc3c(s2)-c2sc(N=C4SC(=C(C#N)C#N)N(CC)C4=O)nc2C3(C(=O)OCc2ccccc2)C(=O)OCc2ccccc2)SC1=C(C#N)C#N. The van der Waals surface area contributed by atoms with Gasteiger partial charge in [0.05, 0.1) is 21.1 Å². The van der Waals surface area contributed by atoms with Gasteiger partial charge in [-0.1, -0.05) is 83.3 Å². The number of nitriles is 4. The van der Waals surface area contributed by atoms with Crippen molar-refractivity contribution in [3.8, 4) is 34.0 Å². The Bertz CT molecular complexity index is 2530. The van der Waals surface area contributed by atoms with E-state index in [4.69, 9.17) is 9.47 Å². The second kappa shape index (κ2) is 16.9. The molecule has 2 aromatic carbocycles. The van der Waals surface area contributed by atoms with Gasteiger partial charge >= 0.3 is 11.9 Å². The smallest absolute Gasteiger partial charge is 0.336 e. The number of ether oxygens (including phenoxy) is 2. The summed E-state index contributed by atoms with van der Waals surface area (Å²) in [4.78, 5) is 77.7. The lowest BCUT2D eigenvalue weighted by atomic mass is 9.84. The third-order valence-electron chi connectivity index (χ3n) is 8.82. The second-order valence-corrected chi connectivity index (χ2v) is 16.1. The number of fused-ring (bicyclic) bond motifs is 3. The molecule has 59 heavy (non-hydrogen) atoms. The summed E-state index contributed by atoms with van der Waals surface area (Å²) in [5, 5.41) is 38.1. The topological polar surface area (TPSA) is 239 Å². The number of carbonyl (C=O) groups excluding carboxylic acids is 4. The Balaban J connectivity index is 1.39. The Morgan fingerprint density at radius 3 is 1.37 bits per heavy atom. The summed E-state index contributed by atoms with van der Waals surface area (Å²) >= 11 is 3.51. The van der Waals surface area contributed by atoms with Gasteiger partial charge in [0.25, 0.3) is 17.2 Å². The number of thiazole rings is 2. The summed E-state index contributed by atoms with van der Waals surface area (Å²) in [5.41, 5.74) is -1.98. The van der Waals surface area contributed by atoms with Crippen molar-refractivity contribution in [2.24, 2.45) is 9.98 Å². The molecule has 0 radical (unpaired) electrons. The molecular weight excluding hydrogens is 833 g/mol. The number of allylic oxidation sites excluding steroid dienone is 2. The van der Waals surface area contributed by atoms with Gasteiger partial charge in [0.2, 0.25) is 10.3 Å². The first-order chi connectivity index (χ1) is 28.6. The van der Waals surface area contributed by atoms with Crippen LogP contribution in [0.2, 0.25) is 0 Å². The Kier molecular flexibility index (Phi) is 11.5. The zero-order valence-corrected chi connectivity index (χ0v) is 33.9. The highest BCUT2D eigenvalue weighted by atomic mass is 32.2. The van der Waals surface area contributed by atoms with Gasteiger partial charge in [-0.15, -0.1) is 0 Å². The number of aromatic nitrogens is 2. The number of rotatable bonds is 10. The van der Waals surface area contributed by atoms with Crippen molar-refractivity contribution >= 4 is 90.3 Å². The molecule has 7 rings (SSSR count). The summed E-state index contributed by atoms with van der Waals surface area (Å²) in [6.45, 7) is 3.16. The molecule has 2 aromatic heterocycles. The van der Waals surface area contributed by atoms with Crippen molar-refractivity contribution in [3.05, 3.63) is 104 Å². The number of amides is 2. The van der Waals surface area contributed by atoms with Crippen LogP contribution in [-0.2, 0) is 47.3 Å². The van der Waals surface area contributed by atoms with E-state index in [0.717, 1.165) is 46.2 Å². The van der Waals surface area contributed by atoms with Gasteiger partial charge in [0.15, 0.2) is 21.2 Å². The van der Waals surface area contributed by atoms with Crippen LogP contribution in [-0.4, -0.2) is 66.7 Å². The van der Waals surface area contributed by atoms with Crippen LogP contribution in [0.5, 0.6) is 0 Å². The highest BCUT2D eigenvalue weighted by Gasteiger charge is 2.63. The normalized spacial score (nSPS) is 16.3. The molecule has 3 aliphatic rings. The van der Waals surface area contributed by atoms with Gasteiger partial charge in [-0.2, -0.15) is 21.0 Å². The van der Waals surface area contributed by atoms with E-state index in [0.29, 0.717) is 11.1 Å². The molecule has 4 heterocycles. The monoisotopic (exact) mass is 856 g/mol. The Hall–Kier alpha value is -6.94. The number of thioether (sulfide) groups is 2. The number of hydrogen-bond donors (Lipinski definition) is 0. The molecule has 4 aromatic rings. The zero-order chi connectivity index (χ0) is 41.8. The van der Waals surface area contributed by atoms with E-state index < -0.39 is 29.2 Å². The van der Waals surface area contributed by atoms with E-state index in [2.05, 4.69) is 20.0 Å². The van der Waals surface area contributed by atoms with Crippen LogP contribution >= 0.6 is 46.2 Å². The zero-order valence-electron chi connectivity index (χ0n) is 30.7. The summed E-state index contributed by atoms with van der Waals surface area (Å²) in [6, 6.07) is 24.8. The fraction of sp³-hybridized carbons (Fsp3) is 0.179. The number of carbonyl (C=O) groups is 4. The lowest BCUT2D eigenvalue weighted by Crippen LogP contribution is -2.46. The first kappa shape index (κ1) is 40.3. The molecule has 2 fully saturated rings. The number of hydrogen-bond acceptors (Lipinski definition) is 18. The maximum absolute atomic E-state index is 14.7. The molecule has 290 valence electrons. The maximum atomic E-state index is 14.7. The van der Waals surface area contributed by atoms with Gasteiger partial charge in [0.1, 0.15) is 47.5 Å². The second-order valence-electron chi connectivity index (χ2n) is 12.2. The summed E-state index contributed by atoms with van der Waals surface area (Å²) in [6.07, 6.45) is 0. The van der Waals surface area contributed by atoms with Crippen LogP contribution in [0.4, 0.5) is 10.3 Å². The predicted octanol–water partition coefficient (Wildman–Crippen LogP) is 6.12. The molecule has 0 unspecified atom stereocenters. The average Bonchev–Trinajstić information content (AvgIpc) is 4.05. The van der Waals surface area contributed by atoms with Crippen LogP contribution in [0.25, 0.3) is 9.75 Å². The van der Waals surface area contributed by atoms with Crippen molar-refractivity contribution in [1.29, 1.82) is 21.0 Å². The van der Waals surface area contributed by atoms with Crippen LogP contribution < -0.4 is 0 Å². The molecular formula is C39H24N10O6S4. The maximum Gasteiger partial charge on any atom is 0.336 e. The van der Waals surface area contributed by atoms with E-state index >= 15 is 0 Å². The quantitative estimate of drug-likeness (QED) is 0.0992. The van der Waals surface area contributed by atoms with E-state index in [-0.39, 0.29) is 89.0 Å². The standard InChI is InChI=1S/C39H24N10O6S4/c1-3-48-31(50)29(58-33(48)23(15-40)16-41)46-37-44-27-25(56-37)26-28(45-38(57-26)47-30-32(51)49(4-2)34(59-30)24(17-42)18-43)39(27,35(52)54-19-21-11-7-5-8-12-21)36(53)55-20-22-13-9-6-10-14-22/h5-14H,3-4,19-20H2,1-2H3. The summed E-state index contributed by atoms with van der Waals surface area (Å²) < 4.78 is 11.7. The van der Waals surface area contributed by atoms with Gasteiger partial charge in [-0.25, -0.2) is 29.5 Å². The number of nitrogens with zero attached hydrogens (tertiary/aromatic N) is 10. The Labute approximate surface area is 352 Å². The molecule has 0 saturated carbocycles. The van der Waals surface area contributed by atoms with Crippen LogP contribution in [0.15, 0.2) is 91.9 Å². The van der Waals surface area contributed by atoms with Crippen molar-refractivity contribution in [1.82, 2.24) is 19.8 Å². The number of benzene rings is 2. The molecule has 2 aliphatic heterocycles. The van der Waals surface area contributed by atoms with Gasteiger partial charge < -0.3 is 9.47 Å². The molecule has 0 bridgehead atoms. The van der Waals surface area contributed by atoms with E-state index in [1.165, 1.54) is 9.80 Å². The molecule has 0 atom stereocenters. The Morgan fingerprint density at radius 2 is 1.03 bits per heavy atom. The van der Waals surface area contributed by atoms with Gasteiger partial charge in [-0.3, -0.25) is 19.4 Å². The molecule has 16 nitrogen and oxygen atoms in total. The first-order valence-corrected chi connectivity index (χ1v) is 20.6. The fourth-order valence-electron chi connectivity index (χ4n) is 6.07. The lowest BCUT2D eigenvalue weighted by molar-refractivity contribution is -0.164. The van der Waals surface area contributed by atoms with E-state index in [1.54, 1.807) is 98.8 Å².